The first kappa shape index (κ1) is 18.5. The maximum absolute atomic E-state index is 12.8. The zero-order chi connectivity index (χ0) is 18.7. The van der Waals surface area contributed by atoms with E-state index in [0.717, 1.165) is 9.20 Å². The molecule has 0 saturated carbocycles. The van der Waals surface area contributed by atoms with Gasteiger partial charge in [-0.3, -0.25) is 9.59 Å². The van der Waals surface area contributed by atoms with Gasteiger partial charge in [-0.05, 0) is 43.0 Å². The van der Waals surface area contributed by atoms with Crippen LogP contribution in [0.5, 0.6) is 0 Å². The second-order valence-corrected chi connectivity index (χ2v) is 8.48. The monoisotopic (exact) mass is 390 g/mol. The molecule has 6 nitrogen and oxygen atoms in total. The van der Waals surface area contributed by atoms with Crippen molar-refractivity contribution < 1.29 is 18.0 Å². The molecule has 136 valence electrons. The van der Waals surface area contributed by atoms with Gasteiger partial charge in [0.2, 0.25) is 11.8 Å². The number of benzene rings is 2. The topological polar surface area (TPSA) is 83.6 Å². The third kappa shape index (κ3) is 3.61. The predicted octanol–water partition coefficient (Wildman–Crippen LogP) is 2.73. The number of thioether (sulfide) groups is 1. The molecule has 2 amide bonds. The molecule has 3 rings (SSSR count). The molecule has 1 aliphatic rings. The standard InChI is InChI=1S/C18H18N2O4S2/c1-25-14-7-5-6-13(12-14)19-18(22)16-10-11-17(21)20(16)26(23,24)15-8-3-2-4-9-15/h2-9,12,16H,10-11H2,1H3,(H,19,22)/t16-/m1/s1. The number of hydrogen-bond donors (Lipinski definition) is 1. The third-order valence-electron chi connectivity index (χ3n) is 4.10. The molecule has 1 atom stereocenters. The zero-order valence-corrected chi connectivity index (χ0v) is 15.7. The van der Waals surface area contributed by atoms with Crippen molar-refractivity contribution in [2.75, 3.05) is 11.6 Å². The predicted molar refractivity (Wildman–Crippen MR) is 100 cm³/mol. The lowest BCUT2D eigenvalue weighted by molar-refractivity contribution is -0.128. The van der Waals surface area contributed by atoms with Gasteiger partial charge in [-0.2, -0.15) is 0 Å². The highest BCUT2D eigenvalue weighted by Gasteiger charge is 2.44. The van der Waals surface area contributed by atoms with Crippen molar-refractivity contribution in [3.05, 3.63) is 54.6 Å². The number of rotatable bonds is 5. The molecule has 0 unspecified atom stereocenters. The maximum atomic E-state index is 12.8. The molecule has 26 heavy (non-hydrogen) atoms. The second-order valence-electron chi connectivity index (χ2n) is 5.78. The van der Waals surface area contributed by atoms with Gasteiger partial charge in [-0.1, -0.05) is 24.3 Å². The van der Waals surface area contributed by atoms with E-state index in [1.165, 1.54) is 23.9 Å². The van der Waals surface area contributed by atoms with Crippen molar-refractivity contribution in [3.63, 3.8) is 0 Å². The van der Waals surface area contributed by atoms with Crippen LogP contribution in [0.25, 0.3) is 0 Å². The Balaban J connectivity index is 1.86. The van der Waals surface area contributed by atoms with Crippen LogP contribution in [0, 0.1) is 0 Å². The lowest BCUT2D eigenvalue weighted by Crippen LogP contribution is -2.45. The minimum atomic E-state index is -4.07. The lowest BCUT2D eigenvalue weighted by atomic mass is 10.2. The molecule has 2 aromatic rings. The van der Waals surface area contributed by atoms with Crippen LogP contribution in [0.4, 0.5) is 5.69 Å². The Morgan fingerprint density at radius 2 is 1.88 bits per heavy atom. The van der Waals surface area contributed by atoms with E-state index >= 15 is 0 Å². The van der Waals surface area contributed by atoms with Crippen LogP contribution in [0.2, 0.25) is 0 Å². The number of carbonyl (C=O) groups excluding carboxylic acids is 2. The van der Waals surface area contributed by atoms with Crippen molar-refractivity contribution in [1.29, 1.82) is 0 Å². The molecule has 0 spiro atoms. The molecule has 0 aliphatic carbocycles. The van der Waals surface area contributed by atoms with Crippen molar-refractivity contribution in [2.24, 2.45) is 0 Å². The quantitative estimate of drug-likeness (QED) is 0.794. The third-order valence-corrected chi connectivity index (χ3v) is 6.67. The van der Waals surface area contributed by atoms with Crippen LogP contribution in [-0.2, 0) is 19.6 Å². The van der Waals surface area contributed by atoms with Crippen LogP contribution >= 0.6 is 11.8 Å². The average molecular weight is 390 g/mol. The molecule has 0 aromatic heterocycles. The van der Waals surface area contributed by atoms with E-state index in [2.05, 4.69) is 5.32 Å². The van der Waals surface area contributed by atoms with E-state index in [1.54, 1.807) is 36.4 Å². The van der Waals surface area contributed by atoms with E-state index in [-0.39, 0.29) is 17.7 Å². The molecule has 8 heteroatoms. The number of amides is 2. The Labute approximate surface area is 156 Å². The Bertz CT molecular complexity index is 929. The molecule has 0 radical (unpaired) electrons. The van der Waals surface area contributed by atoms with Crippen molar-refractivity contribution in [2.45, 2.75) is 28.7 Å². The van der Waals surface area contributed by atoms with Crippen LogP contribution in [-0.4, -0.2) is 36.8 Å². The highest BCUT2D eigenvalue weighted by atomic mass is 32.2. The number of anilines is 1. The van der Waals surface area contributed by atoms with Gasteiger partial charge in [0.05, 0.1) is 4.90 Å². The Morgan fingerprint density at radius 1 is 1.15 bits per heavy atom. The van der Waals surface area contributed by atoms with E-state index in [0.29, 0.717) is 5.69 Å². The number of carbonyl (C=O) groups is 2. The Morgan fingerprint density at radius 3 is 2.58 bits per heavy atom. The summed E-state index contributed by atoms with van der Waals surface area (Å²) in [6.07, 6.45) is 2.11. The summed E-state index contributed by atoms with van der Waals surface area (Å²) >= 11 is 1.53. The molecule has 2 aromatic carbocycles. The van der Waals surface area contributed by atoms with Crippen LogP contribution < -0.4 is 5.32 Å². The van der Waals surface area contributed by atoms with Gasteiger partial charge in [0, 0.05) is 17.0 Å². The molecule has 1 aliphatic heterocycles. The van der Waals surface area contributed by atoms with E-state index in [9.17, 15) is 18.0 Å². The number of nitrogens with one attached hydrogen (secondary N) is 1. The Hall–Kier alpha value is -2.32. The normalized spacial score (nSPS) is 17.3. The van der Waals surface area contributed by atoms with Gasteiger partial charge < -0.3 is 5.32 Å². The maximum Gasteiger partial charge on any atom is 0.267 e. The van der Waals surface area contributed by atoms with Gasteiger partial charge >= 0.3 is 0 Å². The van der Waals surface area contributed by atoms with Crippen molar-refractivity contribution in [1.82, 2.24) is 4.31 Å². The van der Waals surface area contributed by atoms with Gasteiger partial charge in [0.1, 0.15) is 6.04 Å². The van der Waals surface area contributed by atoms with Crippen molar-refractivity contribution in [3.8, 4) is 0 Å². The van der Waals surface area contributed by atoms with Gasteiger partial charge in [-0.25, -0.2) is 12.7 Å². The first-order chi connectivity index (χ1) is 12.4. The summed E-state index contributed by atoms with van der Waals surface area (Å²) in [4.78, 5) is 25.9. The molecule has 1 heterocycles. The van der Waals surface area contributed by atoms with Gasteiger partial charge in [0.25, 0.3) is 10.0 Å². The average Bonchev–Trinajstić information content (AvgIpc) is 3.05. The summed E-state index contributed by atoms with van der Waals surface area (Å²) in [5.41, 5.74) is 0.568. The first-order valence-corrected chi connectivity index (χ1v) is 10.7. The summed E-state index contributed by atoms with van der Waals surface area (Å²) in [7, 11) is -4.07. The fourth-order valence-corrected chi connectivity index (χ4v) is 4.92. The molecular weight excluding hydrogens is 372 g/mol. The summed E-state index contributed by atoms with van der Waals surface area (Å²) in [5.74, 6) is -1.07. The minimum Gasteiger partial charge on any atom is -0.324 e. The highest BCUT2D eigenvalue weighted by Crippen LogP contribution is 2.28. The fraction of sp³-hybridized carbons (Fsp3) is 0.222. The SMILES string of the molecule is CSc1cccc(NC(=O)[C@H]2CCC(=O)N2S(=O)(=O)c2ccccc2)c1. The second kappa shape index (κ2) is 7.51. The summed E-state index contributed by atoms with van der Waals surface area (Å²) in [6.45, 7) is 0. The number of hydrogen-bond acceptors (Lipinski definition) is 5. The van der Waals surface area contributed by atoms with E-state index < -0.39 is 27.9 Å². The van der Waals surface area contributed by atoms with Crippen molar-refractivity contribution >= 4 is 39.3 Å². The number of nitrogens with zero attached hydrogens (tertiary/aromatic N) is 1. The lowest BCUT2D eigenvalue weighted by Gasteiger charge is -2.23. The number of sulfonamides is 1. The highest BCUT2D eigenvalue weighted by molar-refractivity contribution is 7.98. The van der Waals surface area contributed by atoms with Crippen LogP contribution in [0.1, 0.15) is 12.8 Å². The zero-order valence-electron chi connectivity index (χ0n) is 14.1. The van der Waals surface area contributed by atoms with Gasteiger partial charge in [-0.15, -0.1) is 11.8 Å². The summed E-state index contributed by atoms with van der Waals surface area (Å²) in [6, 6.07) is 13.9. The molecule has 0 bridgehead atoms. The summed E-state index contributed by atoms with van der Waals surface area (Å²) < 4.78 is 26.4. The van der Waals surface area contributed by atoms with Gasteiger partial charge in [0.15, 0.2) is 0 Å². The molecule has 1 N–H and O–H groups in total. The molecule has 1 fully saturated rings. The largest absolute Gasteiger partial charge is 0.324 e. The molecular formula is C18H18N2O4S2. The van der Waals surface area contributed by atoms with Crippen LogP contribution in [0.3, 0.4) is 0 Å². The first-order valence-electron chi connectivity index (χ1n) is 8.00. The summed E-state index contributed by atoms with van der Waals surface area (Å²) in [5, 5.41) is 2.72. The van der Waals surface area contributed by atoms with E-state index in [4.69, 9.17) is 0 Å². The Kier molecular flexibility index (Phi) is 5.33. The fourth-order valence-electron chi connectivity index (χ4n) is 2.83. The smallest absolute Gasteiger partial charge is 0.267 e. The minimum absolute atomic E-state index is 0.00238. The van der Waals surface area contributed by atoms with Crippen LogP contribution in [0.15, 0.2) is 64.4 Å². The molecule has 1 saturated heterocycles. The van der Waals surface area contributed by atoms with E-state index in [1.807, 2.05) is 12.3 Å².